The van der Waals surface area contributed by atoms with E-state index in [9.17, 15) is 30.3 Å². The van der Waals surface area contributed by atoms with E-state index in [1.165, 1.54) is 0 Å². The first-order valence-electron chi connectivity index (χ1n) is 10.2. The van der Waals surface area contributed by atoms with Crippen LogP contribution in [0.25, 0.3) is 0 Å². The highest BCUT2D eigenvalue weighted by Crippen LogP contribution is 2.30. The lowest BCUT2D eigenvalue weighted by atomic mass is 9.98. The predicted octanol–water partition coefficient (Wildman–Crippen LogP) is -2.69. The molecule has 0 amide bonds. The van der Waals surface area contributed by atoms with Gasteiger partial charge in [0, 0.05) is 6.42 Å². The zero-order valence-electron chi connectivity index (χ0n) is 17.1. The third-order valence-corrected chi connectivity index (χ3v) is 5.39. The Morgan fingerprint density at radius 2 is 1.72 bits per heavy atom. The summed E-state index contributed by atoms with van der Waals surface area (Å²) in [6.07, 6.45) is -13.0. The molecule has 0 spiro atoms. The summed E-state index contributed by atoms with van der Waals surface area (Å²) in [5.74, 6) is -1.12. The van der Waals surface area contributed by atoms with E-state index in [2.05, 4.69) is 0 Å². The topological polar surface area (TPSA) is 201 Å². The number of aliphatic hydroxyl groups excluding tert-OH is 5. The summed E-state index contributed by atoms with van der Waals surface area (Å²) in [6, 6.07) is 6.85. The molecule has 0 saturated carbocycles. The number of hydrogen-bond donors (Lipinski definition) is 7. The van der Waals surface area contributed by atoms with Crippen LogP contribution in [0, 0.1) is 0 Å². The highest BCUT2D eigenvalue weighted by molar-refractivity contribution is 5.73. The molecule has 2 aliphatic heterocycles. The number of nitrogens with two attached hydrogens (primary N) is 1. The number of benzene rings is 1. The van der Waals surface area contributed by atoms with Gasteiger partial charge in [0.25, 0.3) is 0 Å². The normalized spacial score (nSPS) is 37.8. The van der Waals surface area contributed by atoms with E-state index in [0.29, 0.717) is 18.7 Å². The Labute approximate surface area is 183 Å². The molecule has 4 unspecified atom stereocenters. The molecule has 8 N–H and O–H groups in total. The van der Waals surface area contributed by atoms with Gasteiger partial charge in [0.2, 0.25) is 6.29 Å². The van der Waals surface area contributed by atoms with Crippen molar-refractivity contribution in [1.29, 1.82) is 0 Å². The SMILES string of the molecule is NCCc1ccc(O[C@@H]2OC(CO)[C@H](O)[C@H](O[C@@H]3OC(C(=O)O)[C@@H](O)CC3O)C2O)cc1. The summed E-state index contributed by atoms with van der Waals surface area (Å²) in [4.78, 5) is 11.3. The lowest BCUT2D eigenvalue weighted by Gasteiger charge is -2.44. The first kappa shape index (κ1) is 24.8. The highest BCUT2D eigenvalue weighted by atomic mass is 16.7. The van der Waals surface area contributed by atoms with Gasteiger partial charge in [0.1, 0.15) is 36.3 Å². The van der Waals surface area contributed by atoms with Crippen LogP contribution in [-0.4, -0.2) is 105 Å². The second kappa shape index (κ2) is 10.8. The van der Waals surface area contributed by atoms with Gasteiger partial charge in [-0.3, -0.25) is 0 Å². The first-order chi connectivity index (χ1) is 15.2. The van der Waals surface area contributed by atoms with Crippen molar-refractivity contribution in [2.45, 2.75) is 68.1 Å². The summed E-state index contributed by atoms with van der Waals surface area (Å²) in [5.41, 5.74) is 6.50. The Morgan fingerprint density at radius 1 is 1.03 bits per heavy atom. The number of aliphatic hydroxyl groups is 5. The predicted molar refractivity (Wildman–Crippen MR) is 105 cm³/mol. The maximum absolute atomic E-state index is 11.3. The number of carbonyl (C=O) groups is 1. The molecular formula is C20H29NO11. The molecule has 12 heteroatoms. The van der Waals surface area contributed by atoms with E-state index >= 15 is 0 Å². The van der Waals surface area contributed by atoms with Crippen molar-refractivity contribution < 1.29 is 54.4 Å². The molecule has 9 atom stereocenters. The molecule has 1 aromatic carbocycles. The van der Waals surface area contributed by atoms with E-state index < -0.39 is 67.9 Å². The average molecular weight is 459 g/mol. The van der Waals surface area contributed by atoms with Crippen molar-refractivity contribution in [3.8, 4) is 5.75 Å². The lowest BCUT2D eigenvalue weighted by Crippen LogP contribution is -2.63. The average Bonchev–Trinajstić information content (AvgIpc) is 2.75. The quantitative estimate of drug-likeness (QED) is 0.213. The summed E-state index contributed by atoms with van der Waals surface area (Å²) in [7, 11) is 0. The molecule has 2 fully saturated rings. The third kappa shape index (κ3) is 5.54. The van der Waals surface area contributed by atoms with E-state index in [1.54, 1.807) is 24.3 Å². The molecule has 0 aliphatic carbocycles. The van der Waals surface area contributed by atoms with E-state index in [4.69, 9.17) is 29.8 Å². The van der Waals surface area contributed by atoms with Gasteiger partial charge >= 0.3 is 5.97 Å². The zero-order chi connectivity index (χ0) is 23.4. The fourth-order valence-electron chi connectivity index (χ4n) is 3.66. The van der Waals surface area contributed by atoms with Crippen LogP contribution in [0.5, 0.6) is 5.75 Å². The number of hydrogen-bond acceptors (Lipinski definition) is 11. The number of carboxylic acids is 1. The van der Waals surface area contributed by atoms with Gasteiger partial charge in [0.05, 0.1) is 12.7 Å². The number of carboxylic acid groups (broad SMARTS) is 1. The first-order valence-corrected chi connectivity index (χ1v) is 10.2. The number of ether oxygens (including phenoxy) is 4. The van der Waals surface area contributed by atoms with Crippen LogP contribution in [0.15, 0.2) is 24.3 Å². The van der Waals surface area contributed by atoms with Gasteiger partial charge in [-0.1, -0.05) is 12.1 Å². The van der Waals surface area contributed by atoms with E-state index in [-0.39, 0.29) is 6.42 Å². The van der Waals surface area contributed by atoms with Gasteiger partial charge in [-0.15, -0.1) is 0 Å². The van der Waals surface area contributed by atoms with Crippen molar-refractivity contribution >= 4 is 5.97 Å². The fourth-order valence-corrected chi connectivity index (χ4v) is 3.66. The molecule has 0 radical (unpaired) electrons. The van der Waals surface area contributed by atoms with Crippen LogP contribution in [0.3, 0.4) is 0 Å². The van der Waals surface area contributed by atoms with E-state index in [0.717, 1.165) is 5.56 Å². The molecule has 180 valence electrons. The second-order valence-corrected chi connectivity index (χ2v) is 7.74. The van der Waals surface area contributed by atoms with Crippen molar-refractivity contribution in [2.75, 3.05) is 13.2 Å². The molecule has 2 aliphatic rings. The summed E-state index contributed by atoms with van der Waals surface area (Å²) < 4.78 is 21.8. The Kier molecular flexibility index (Phi) is 8.38. The van der Waals surface area contributed by atoms with Crippen molar-refractivity contribution in [3.63, 3.8) is 0 Å². The molecule has 0 bridgehead atoms. The van der Waals surface area contributed by atoms with Crippen LogP contribution >= 0.6 is 0 Å². The summed E-state index contributed by atoms with van der Waals surface area (Å²) in [5, 5.41) is 59.9. The highest BCUT2D eigenvalue weighted by Gasteiger charge is 2.50. The second-order valence-electron chi connectivity index (χ2n) is 7.74. The molecule has 1 aromatic rings. The van der Waals surface area contributed by atoms with E-state index in [1.807, 2.05) is 0 Å². The number of aliphatic carboxylic acids is 1. The fraction of sp³-hybridized carbons (Fsp3) is 0.650. The van der Waals surface area contributed by atoms with Crippen molar-refractivity contribution in [3.05, 3.63) is 29.8 Å². The van der Waals surface area contributed by atoms with Gasteiger partial charge in [0.15, 0.2) is 12.4 Å². The van der Waals surface area contributed by atoms with Crippen LogP contribution < -0.4 is 10.5 Å². The summed E-state index contributed by atoms with van der Waals surface area (Å²) >= 11 is 0. The zero-order valence-corrected chi connectivity index (χ0v) is 17.1. The Balaban J connectivity index is 1.73. The minimum atomic E-state index is -1.66. The Hall–Kier alpha value is -1.87. The summed E-state index contributed by atoms with van der Waals surface area (Å²) in [6.45, 7) is -0.151. The van der Waals surface area contributed by atoms with Gasteiger partial charge in [-0.05, 0) is 30.7 Å². The van der Waals surface area contributed by atoms with Gasteiger partial charge in [-0.2, -0.15) is 0 Å². The van der Waals surface area contributed by atoms with Gasteiger partial charge < -0.3 is 55.3 Å². The Bertz CT molecular complexity index is 748. The van der Waals surface area contributed by atoms with Crippen LogP contribution in [0.1, 0.15) is 12.0 Å². The van der Waals surface area contributed by atoms with Crippen LogP contribution in [0.2, 0.25) is 0 Å². The molecule has 12 nitrogen and oxygen atoms in total. The maximum atomic E-state index is 11.3. The minimum Gasteiger partial charge on any atom is -0.479 e. The maximum Gasteiger partial charge on any atom is 0.335 e. The van der Waals surface area contributed by atoms with Crippen molar-refractivity contribution in [2.24, 2.45) is 5.73 Å². The number of rotatable bonds is 8. The van der Waals surface area contributed by atoms with Crippen LogP contribution in [-0.2, 0) is 25.4 Å². The molecule has 2 heterocycles. The third-order valence-electron chi connectivity index (χ3n) is 5.39. The monoisotopic (exact) mass is 459 g/mol. The van der Waals surface area contributed by atoms with Gasteiger partial charge in [-0.25, -0.2) is 4.79 Å². The largest absolute Gasteiger partial charge is 0.479 e. The minimum absolute atomic E-state index is 0.338. The van der Waals surface area contributed by atoms with Crippen molar-refractivity contribution in [1.82, 2.24) is 0 Å². The standard InChI is InChI=1S/C20H29NO11/c21-6-5-9-1-3-10(4-2-9)29-20-15(26)17(14(25)13(8-22)30-20)32-19-12(24)7-11(23)16(31-19)18(27)28/h1-4,11-17,19-20,22-26H,5-8,21H2,(H,27,28)/t11-,12?,13?,14-,15?,16?,17-,19-,20+/m0/s1. The lowest BCUT2D eigenvalue weighted by molar-refractivity contribution is -0.337. The molecule has 32 heavy (non-hydrogen) atoms. The smallest absolute Gasteiger partial charge is 0.335 e. The van der Waals surface area contributed by atoms with Crippen LogP contribution in [0.4, 0.5) is 0 Å². The molecule has 2 saturated heterocycles. The Morgan fingerprint density at radius 3 is 2.31 bits per heavy atom. The molecular weight excluding hydrogens is 430 g/mol. The molecule has 0 aromatic heterocycles. The molecule has 3 rings (SSSR count).